The van der Waals surface area contributed by atoms with Crippen molar-refractivity contribution in [3.8, 4) is 23.0 Å². The molecule has 0 saturated carbocycles. The highest BCUT2D eigenvalue weighted by Crippen LogP contribution is 2.39. The van der Waals surface area contributed by atoms with Crippen molar-refractivity contribution in [1.82, 2.24) is 0 Å². The first kappa shape index (κ1) is 21.3. The van der Waals surface area contributed by atoms with E-state index < -0.39 is 6.10 Å². The van der Waals surface area contributed by atoms with Gasteiger partial charge in [-0.15, -0.1) is 0 Å². The van der Waals surface area contributed by atoms with Crippen LogP contribution in [0.2, 0.25) is 0 Å². The quantitative estimate of drug-likeness (QED) is 0.746. The number of ether oxygens (including phenoxy) is 4. The molecule has 1 aliphatic heterocycles. The summed E-state index contributed by atoms with van der Waals surface area (Å²) in [6, 6.07) is 8.39. The smallest absolute Gasteiger partial charge is 0.267 e. The molecule has 1 atom stereocenters. The molecule has 0 fully saturated rings. The van der Waals surface area contributed by atoms with E-state index >= 15 is 0 Å². The van der Waals surface area contributed by atoms with E-state index in [1.807, 2.05) is 6.92 Å². The van der Waals surface area contributed by atoms with Gasteiger partial charge in [-0.2, -0.15) is 0 Å². The van der Waals surface area contributed by atoms with Gasteiger partial charge < -0.3 is 29.2 Å². The second-order valence-electron chi connectivity index (χ2n) is 6.80. The molecule has 0 aliphatic carbocycles. The van der Waals surface area contributed by atoms with Gasteiger partial charge in [0.2, 0.25) is 5.75 Å². The molecule has 1 N–H and O–H groups in total. The molecule has 8 heteroatoms. The fraction of sp³-hybridized carbons (Fsp3) is 0.364. The van der Waals surface area contributed by atoms with Crippen molar-refractivity contribution in [2.75, 3.05) is 38.1 Å². The molecule has 0 aromatic heterocycles. The van der Waals surface area contributed by atoms with Gasteiger partial charge in [0.1, 0.15) is 5.75 Å². The average molecular weight is 414 g/mol. The number of methoxy groups -OCH3 is 3. The Bertz CT molecular complexity index is 934. The van der Waals surface area contributed by atoms with Gasteiger partial charge >= 0.3 is 0 Å². The summed E-state index contributed by atoms with van der Waals surface area (Å²) in [6.07, 6.45) is 0.252. The number of fused-ring (bicyclic) bond motifs is 1. The Balaban J connectivity index is 1.88. The van der Waals surface area contributed by atoms with Crippen molar-refractivity contribution in [3.05, 3.63) is 35.9 Å². The Morgan fingerprint density at radius 3 is 2.33 bits per heavy atom. The number of carbonyl (C=O) groups is 2. The molecule has 1 heterocycles. The maximum Gasteiger partial charge on any atom is 0.267 e. The number of nitrogens with zero attached hydrogens (tertiary/aromatic N) is 1. The zero-order chi connectivity index (χ0) is 21.8. The summed E-state index contributed by atoms with van der Waals surface area (Å²) in [7, 11) is 4.48. The van der Waals surface area contributed by atoms with E-state index in [2.05, 4.69) is 5.32 Å². The van der Waals surface area contributed by atoms with Gasteiger partial charge in [0, 0.05) is 23.9 Å². The lowest BCUT2D eigenvalue weighted by atomic mass is 10.1. The van der Waals surface area contributed by atoms with E-state index in [1.54, 1.807) is 42.2 Å². The topological polar surface area (TPSA) is 86.3 Å². The molecule has 2 aromatic rings. The highest BCUT2D eigenvalue weighted by Gasteiger charge is 2.31. The summed E-state index contributed by atoms with van der Waals surface area (Å²) in [5.41, 5.74) is 1.59. The minimum Gasteiger partial charge on any atom is -0.493 e. The molecule has 0 saturated heterocycles. The first-order chi connectivity index (χ1) is 14.4. The average Bonchev–Trinajstić information content (AvgIpc) is 2.75. The zero-order valence-corrected chi connectivity index (χ0v) is 17.8. The Hall–Kier alpha value is -3.42. The van der Waals surface area contributed by atoms with Crippen molar-refractivity contribution in [1.29, 1.82) is 0 Å². The third kappa shape index (κ3) is 3.98. The van der Waals surface area contributed by atoms with Crippen LogP contribution < -0.4 is 29.2 Å². The number of hydrogen-bond donors (Lipinski definition) is 1. The highest BCUT2D eigenvalue weighted by atomic mass is 16.5. The van der Waals surface area contributed by atoms with E-state index in [-0.39, 0.29) is 11.8 Å². The summed E-state index contributed by atoms with van der Waals surface area (Å²) >= 11 is 0. The number of carbonyl (C=O) groups excluding carboxylic acids is 2. The SMILES string of the molecule is CCCN1C(=O)C(C)Oc2cc(NC(=O)c3cc(OC)c(OC)c(OC)c3)ccc21. The monoisotopic (exact) mass is 414 g/mol. The van der Waals surface area contributed by atoms with Crippen LogP contribution in [0.25, 0.3) is 0 Å². The van der Waals surface area contributed by atoms with Gasteiger partial charge in [0.25, 0.3) is 11.8 Å². The minimum atomic E-state index is -0.579. The molecule has 8 nitrogen and oxygen atoms in total. The van der Waals surface area contributed by atoms with Gasteiger partial charge in [0.15, 0.2) is 17.6 Å². The molecule has 3 rings (SSSR count). The lowest BCUT2D eigenvalue weighted by molar-refractivity contribution is -0.125. The standard InChI is InChI=1S/C22H26N2O6/c1-6-9-24-16-8-7-15(12-17(16)30-13(2)22(24)26)23-21(25)14-10-18(27-3)20(29-5)19(11-14)28-4/h7-8,10-13H,6,9H2,1-5H3,(H,23,25). The van der Waals surface area contributed by atoms with Crippen LogP contribution in [0, 0.1) is 0 Å². The maximum absolute atomic E-state index is 12.8. The van der Waals surface area contributed by atoms with Gasteiger partial charge in [0.05, 0.1) is 27.0 Å². The molecular weight excluding hydrogens is 388 g/mol. The third-order valence-electron chi connectivity index (χ3n) is 4.80. The number of anilines is 2. The molecule has 160 valence electrons. The van der Waals surface area contributed by atoms with Crippen LogP contribution in [0.4, 0.5) is 11.4 Å². The highest BCUT2D eigenvalue weighted by molar-refractivity contribution is 6.06. The van der Waals surface area contributed by atoms with Crippen LogP contribution in [0.15, 0.2) is 30.3 Å². The van der Waals surface area contributed by atoms with Crippen LogP contribution >= 0.6 is 0 Å². The number of benzene rings is 2. The zero-order valence-electron chi connectivity index (χ0n) is 17.8. The Morgan fingerprint density at radius 1 is 1.10 bits per heavy atom. The fourth-order valence-electron chi connectivity index (χ4n) is 3.36. The summed E-state index contributed by atoms with van der Waals surface area (Å²) < 4.78 is 21.7. The molecule has 0 spiro atoms. The first-order valence-corrected chi connectivity index (χ1v) is 9.66. The van der Waals surface area contributed by atoms with Gasteiger partial charge in [-0.25, -0.2) is 0 Å². The van der Waals surface area contributed by atoms with E-state index in [4.69, 9.17) is 18.9 Å². The fourth-order valence-corrected chi connectivity index (χ4v) is 3.36. The second-order valence-corrected chi connectivity index (χ2v) is 6.80. The van der Waals surface area contributed by atoms with E-state index in [0.29, 0.717) is 46.5 Å². The predicted octanol–water partition coefficient (Wildman–Crippen LogP) is 3.49. The largest absolute Gasteiger partial charge is 0.493 e. The third-order valence-corrected chi connectivity index (χ3v) is 4.80. The number of nitrogens with one attached hydrogen (secondary N) is 1. The van der Waals surface area contributed by atoms with Crippen LogP contribution in [0.5, 0.6) is 23.0 Å². The molecular formula is C22H26N2O6. The van der Waals surface area contributed by atoms with Gasteiger partial charge in [-0.1, -0.05) is 6.92 Å². The van der Waals surface area contributed by atoms with Crippen molar-refractivity contribution < 1.29 is 28.5 Å². The Kier molecular flexibility index (Phi) is 6.34. The van der Waals surface area contributed by atoms with E-state index in [9.17, 15) is 9.59 Å². The maximum atomic E-state index is 12.8. The molecule has 2 amide bonds. The van der Waals surface area contributed by atoms with E-state index in [1.165, 1.54) is 21.3 Å². The van der Waals surface area contributed by atoms with Crippen LogP contribution in [0.1, 0.15) is 30.6 Å². The Labute approximate surface area is 175 Å². The minimum absolute atomic E-state index is 0.0708. The number of rotatable bonds is 7. The van der Waals surface area contributed by atoms with Crippen LogP contribution in [-0.2, 0) is 4.79 Å². The summed E-state index contributed by atoms with van der Waals surface area (Å²) in [4.78, 5) is 26.9. The lowest BCUT2D eigenvalue weighted by Gasteiger charge is -2.33. The van der Waals surface area contributed by atoms with Crippen molar-refractivity contribution in [3.63, 3.8) is 0 Å². The van der Waals surface area contributed by atoms with Gasteiger partial charge in [-0.05, 0) is 37.6 Å². The molecule has 0 radical (unpaired) electrons. The lowest BCUT2D eigenvalue weighted by Crippen LogP contribution is -2.44. The van der Waals surface area contributed by atoms with Crippen molar-refractivity contribution in [2.24, 2.45) is 0 Å². The molecule has 1 aliphatic rings. The normalized spacial score (nSPS) is 15.2. The summed E-state index contributed by atoms with van der Waals surface area (Å²) in [6.45, 7) is 4.34. The van der Waals surface area contributed by atoms with E-state index in [0.717, 1.165) is 6.42 Å². The molecule has 0 bridgehead atoms. The summed E-state index contributed by atoms with van der Waals surface area (Å²) in [5.74, 6) is 1.32. The Morgan fingerprint density at radius 2 is 1.77 bits per heavy atom. The van der Waals surface area contributed by atoms with Crippen molar-refractivity contribution >= 4 is 23.2 Å². The second kappa shape index (κ2) is 8.94. The first-order valence-electron chi connectivity index (χ1n) is 9.66. The number of hydrogen-bond acceptors (Lipinski definition) is 6. The molecule has 2 aromatic carbocycles. The van der Waals surface area contributed by atoms with Crippen molar-refractivity contribution in [2.45, 2.75) is 26.4 Å². The summed E-state index contributed by atoms with van der Waals surface area (Å²) in [5, 5.41) is 2.85. The number of amides is 2. The van der Waals surface area contributed by atoms with Gasteiger partial charge in [-0.3, -0.25) is 9.59 Å². The predicted molar refractivity (Wildman–Crippen MR) is 113 cm³/mol. The van der Waals surface area contributed by atoms with Crippen LogP contribution in [-0.4, -0.2) is 45.8 Å². The molecule has 1 unspecified atom stereocenters. The van der Waals surface area contributed by atoms with Crippen LogP contribution in [0.3, 0.4) is 0 Å². The molecule has 30 heavy (non-hydrogen) atoms.